The predicted molar refractivity (Wildman–Crippen MR) is 80.5 cm³/mol. The van der Waals surface area contributed by atoms with Gasteiger partial charge in [0.1, 0.15) is 0 Å². The fourth-order valence-corrected chi connectivity index (χ4v) is 1.79. The molecule has 0 aliphatic rings. The number of halogens is 1. The molecular weight excluding hydrogens is 291 g/mol. The van der Waals surface area contributed by atoms with Crippen LogP contribution in [-0.2, 0) is 9.53 Å². The third-order valence-corrected chi connectivity index (χ3v) is 2.98. The molecule has 0 saturated carbocycles. The van der Waals surface area contributed by atoms with Gasteiger partial charge in [-0.05, 0) is 25.0 Å². The number of esters is 1. The number of carbonyl (C=O) groups excluding carboxylic acids is 2. The van der Waals surface area contributed by atoms with Gasteiger partial charge in [0, 0.05) is 24.7 Å². The smallest absolute Gasteiger partial charge is 0.319 e. The molecule has 0 atom stereocenters. The zero-order chi connectivity index (χ0) is 16.4. The van der Waals surface area contributed by atoms with Crippen molar-refractivity contribution in [2.75, 3.05) is 26.1 Å². The van der Waals surface area contributed by atoms with Crippen molar-refractivity contribution < 1.29 is 23.5 Å². The van der Waals surface area contributed by atoms with Gasteiger partial charge in [0.2, 0.25) is 0 Å². The van der Waals surface area contributed by atoms with Crippen molar-refractivity contribution in [1.82, 2.24) is 5.32 Å². The maximum atomic E-state index is 13.5. The van der Waals surface area contributed by atoms with Gasteiger partial charge in [0.15, 0.2) is 11.6 Å². The van der Waals surface area contributed by atoms with Gasteiger partial charge in [-0.25, -0.2) is 9.18 Å². The van der Waals surface area contributed by atoms with Crippen LogP contribution >= 0.6 is 0 Å². The number of ether oxygens (including phenoxy) is 2. The first kappa shape index (κ1) is 17.7. The summed E-state index contributed by atoms with van der Waals surface area (Å²) < 4.78 is 22.8. The minimum Gasteiger partial charge on any atom is -0.494 e. The molecule has 0 aliphatic carbocycles. The van der Waals surface area contributed by atoms with E-state index in [0.29, 0.717) is 18.7 Å². The van der Waals surface area contributed by atoms with Crippen LogP contribution in [0.2, 0.25) is 0 Å². The van der Waals surface area contributed by atoms with Crippen LogP contribution in [0.3, 0.4) is 0 Å². The van der Waals surface area contributed by atoms with Crippen molar-refractivity contribution in [1.29, 1.82) is 0 Å². The zero-order valence-corrected chi connectivity index (χ0v) is 12.8. The van der Waals surface area contributed by atoms with Gasteiger partial charge < -0.3 is 20.1 Å². The van der Waals surface area contributed by atoms with E-state index in [2.05, 4.69) is 15.4 Å². The quantitative estimate of drug-likeness (QED) is 0.571. The summed E-state index contributed by atoms with van der Waals surface area (Å²) in [6, 6.07) is 3.78. The maximum absolute atomic E-state index is 13.5. The predicted octanol–water partition coefficient (Wildman–Crippen LogP) is 2.69. The highest BCUT2D eigenvalue weighted by atomic mass is 19.1. The lowest BCUT2D eigenvalue weighted by Crippen LogP contribution is -2.29. The molecule has 0 heterocycles. The molecule has 7 heteroatoms. The molecule has 1 aromatic rings. The minimum atomic E-state index is -0.539. The summed E-state index contributed by atoms with van der Waals surface area (Å²) in [6.07, 6.45) is 2.67. The van der Waals surface area contributed by atoms with Crippen LogP contribution < -0.4 is 15.4 Å². The monoisotopic (exact) mass is 312 g/mol. The van der Waals surface area contributed by atoms with Crippen molar-refractivity contribution in [3.05, 3.63) is 24.0 Å². The molecule has 2 N–H and O–H groups in total. The lowest BCUT2D eigenvalue weighted by Gasteiger charge is -2.09. The molecule has 2 amide bonds. The maximum Gasteiger partial charge on any atom is 0.319 e. The normalized spacial score (nSPS) is 9.95. The molecule has 22 heavy (non-hydrogen) atoms. The molecule has 122 valence electrons. The molecular formula is C15H21FN2O4. The van der Waals surface area contributed by atoms with Gasteiger partial charge in [0.25, 0.3) is 0 Å². The van der Waals surface area contributed by atoms with Crippen molar-refractivity contribution in [3.8, 4) is 5.75 Å². The molecule has 1 aromatic carbocycles. The third kappa shape index (κ3) is 6.43. The van der Waals surface area contributed by atoms with Gasteiger partial charge in [-0.3, -0.25) is 4.79 Å². The number of anilines is 1. The molecule has 0 aromatic heterocycles. The first-order valence-corrected chi connectivity index (χ1v) is 7.02. The Morgan fingerprint density at radius 3 is 2.59 bits per heavy atom. The van der Waals surface area contributed by atoms with Crippen LogP contribution in [0.5, 0.6) is 5.75 Å². The average molecular weight is 312 g/mol. The molecule has 0 spiro atoms. The van der Waals surface area contributed by atoms with E-state index in [1.54, 1.807) is 6.07 Å². The van der Waals surface area contributed by atoms with E-state index in [9.17, 15) is 14.0 Å². The summed E-state index contributed by atoms with van der Waals surface area (Å²) in [5.74, 6) is -0.646. The number of carbonyl (C=O) groups is 2. The van der Waals surface area contributed by atoms with Crippen LogP contribution in [0.1, 0.15) is 25.7 Å². The molecule has 0 bridgehead atoms. The second kappa shape index (κ2) is 9.59. The molecule has 0 unspecified atom stereocenters. The summed E-state index contributed by atoms with van der Waals surface area (Å²) in [6.45, 7) is 0.478. The Balaban J connectivity index is 2.21. The zero-order valence-electron chi connectivity index (χ0n) is 12.8. The Kier molecular flexibility index (Phi) is 7.74. The van der Waals surface area contributed by atoms with Crippen LogP contribution in [-0.4, -0.2) is 32.8 Å². The topological polar surface area (TPSA) is 76.7 Å². The number of hydrogen-bond acceptors (Lipinski definition) is 4. The largest absolute Gasteiger partial charge is 0.494 e. The van der Waals surface area contributed by atoms with Crippen LogP contribution in [0.15, 0.2) is 18.2 Å². The number of urea groups is 1. The number of rotatable bonds is 8. The number of benzene rings is 1. The third-order valence-electron chi connectivity index (χ3n) is 2.98. The Labute approximate surface area is 129 Å². The summed E-state index contributed by atoms with van der Waals surface area (Å²) >= 11 is 0. The number of unbranched alkanes of at least 4 members (excludes halogenated alkanes) is 2. The van der Waals surface area contributed by atoms with Gasteiger partial charge >= 0.3 is 12.0 Å². The van der Waals surface area contributed by atoms with Crippen molar-refractivity contribution in [3.63, 3.8) is 0 Å². The number of amides is 2. The standard InChI is InChI=1S/C15H21FN2O4/c1-21-13-8-7-11(10-12(13)16)18-15(20)17-9-5-3-4-6-14(19)22-2/h7-8,10H,3-6,9H2,1-2H3,(H2,17,18,20). The lowest BCUT2D eigenvalue weighted by molar-refractivity contribution is -0.140. The second-order valence-corrected chi connectivity index (χ2v) is 4.62. The highest BCUT2D eigenvalue weighted by Crippen LogP contribution is 2.20. The van der Waals surface area contributed by atoms with Crippen molar-refractivity contribution >= 4 is 17.7 Å². The summed E-state index contributed by atoms with van der Waals surface area (Å²) in [7, 11) is 2.73. The average Bonchev–Trinajstić information content (AvgIpc) is 2.50. The van der Waals surface area contributed by atoms with E-state index < -0.39 is 11.8 Å². The SMILES string of the molecule is COC(=O)CCCCCNC(=O)Nc1ccc(OC)c(F)c1. The van der Waals surface area contributed by atoms with Crippen LogP contribution in [0.25, 0.3) is 0 Å². The van der Waals surface area contributed by atoms with Crippen molar-refractivity contribution in [2.24, 2.45) is 0 Å². The Bertz CT molecular complexity index is 508. The first-order valence-electron chi connectivity index (χ1n) is 7.02. The molecule has 0 aliphatic heterocycles. The fraction of sp³-hybridized carbons (Fsp3) is 0.467. The fourth-order valence-electron chi connectivity index (χ4n) is 1.79. The van der Waals surface area contributed by atoms with E-state index >= 15 is 0 Å². The highest BCUT2D eigenvalue weighted by Gasteiger charge is 2.06. The van der Waals surface area contributed by atoms with Gasteiger partial charge in [-0.1, -0.05) is 6.42 Å². The number of methoxy groups -OCH3 is 2. The highest BCUT2D eigenvalue weighted by molar-refractivity contribution is 5.89. The number of nitrogens with one attached hydrogen (secondary N) is 2. The molecule has 0 radical (unpaired) electrons. The lowest BCUT2D eigenvalue weighted by atomic mass is 10.2. The summed E-state index contributed by atoms with van der Waals surface area (Å²) in [4.78, 5) is 22.5. The molecule has 1 rings (SSSR count). The summed E-state index contributed by atoms with van der Waals surface area (Å²) in [5, 5.41) is 5.19. The van der Waals surface area contributed by atoms with E-state index in [1.165, 1.54) is 26.4 Å². The Hall–Kier alpha value is -2.31. The van der Waals surface area contributed by atoms with Gasteiger partial charge in [-0.2, -0.15) is 0 Å². The van der Waals surface area contributed by atoms with Crippen LogP contribution in [0.4, 0.5) is 14.9 Å². The van der Waals surface area contributed by atoms with Gasteiger partial charge in [0.05, 0.1) is 14.2 Å². The van der Waals surface area contributed by atoms with Crippen LogP contribution in [0, 0.1) is 5.82 Å². The molecule has 6 nitrogen and oxygen atoms in total. The van der Waals surface area contributed by atoms with E-state index in [4.69, 9.17) is 4.74 Å². The molecule has 0 fully saturated rings. The van der Waals surface area contributed by atoms with E-state index in [-0.39, 0.29) is 11.7 Å². The number of hydrogen-bond donors (Lipinski definition) is 2. The van der Waals surface area contributed by atoms with E-state index in [0.717, 1.165) is 19.3 Å². The van der Waals surface area contributed by atoms with Crippen molar-refractivity contribution in [2.45, 2.75) is 25.7 Å². The Morgan fingerprint density at radius 2 is 1.95 bits per heavy atom. The van der Waals surface area contributed by atoms with Gasteiger partial charge in [-0.15, -0.1) is 0 Å². The first-order chi connectivity index (χ1) is 10.6. The minimum absolute atomic E-state index is 0.122. The second-order valence-electron chi connectivity index (χ2n) is 4.62. The molecule has 0 saturated heterocycles. The summed E-state index contributed by atoms with van der Waals surface area (Å²) in [5.41, 5.74) is 0.349. The Morgan fingerprint density at radius 1 is 1.18 bits per heavy atom. The van der Waals surface area contributed by atoms with E-state index in [1.807, 2.05) is 0 Å².